The van der Waals surface area contributed by atoms with Crippen LogP contribution in [0.5, 0.6) is 0 Å². The number of fused-ring (bicyclic) bond motifs is 1. The lowest BCUT2D eigenvalue weighted by atomic mass is 9.90. The summed E-state index contributed by atoms with van der Waals surface area (Å²) >= 11 is 0. The van der Waals surface area contributed by atoms with Crippen LogP contribution in [0.25, 0.3) is 0 Å². The minimum atomic E-state index is -0.654. The topological polar surface area (TPSA) is 113 Å². The summed E-state index contributed by atoms with van der Waals surface area (Å²) < 4.78 is 1.30. The second kappa shape index (κ2) is 11.1. The van der Waals surface area contributed by atoms with Gasteiger partial charge in [-0.2, -0.15) is 0 Å². The highest BCUT2D eigenvalue weighted by Crippen LogP contribution is 2.28. The molecule has 8 heteroatoms. The van der Waals surface area contributed by atoms with E-state index >= 15 is 0 Å². The van der Waals surface area contributed by atoms with Crippen LogP contribution < -0.4 is 27.2 Å². The highest BCUT2D eigenvalue weighted by molar-refractivity contribution is 5.98. The van der Waals surface area contributed by atoms with Crippen LogP contribution in [0, 0.1) is 0 Å². The molecule has 1 aromatic heterocycles. The van der Waals surface area contributed by atoms with E-state index in [4.69, 9.17) is 5.73 Å². The first kappa shape index (κ1) is 24.3. The Morgan fingerprint density at radius 3 is 2.63 bits per heavy atom. The van der Waals surface area contributed by atoms with Gasteiger partial charge >= 0.3 is 5.69 Å². The molecule has 0 radical (unpaired) electrons. The van der Waals surface area contributed by atoms with Crippen molar-refractivity contribution < 1.29 is 4.79 Å². The lowest BCUT2D eigenvalue weighted by Crippen LogP contribution is -2.43. The maximum Gasteiger partial charge on any atom is 0.330 e. The predicted octanol–water partition coefficient (Wildman–Crippen LogP) is 3.29. The summed E-state index contributed by atoms with van der Waals surface area (Å²) in [5.74, 6) is -0.280. The van der Waals surface area contributed by atoms with Gasteiger partial charge in [0.05, 0.1) is 13.1 Å². The summed E-state index contributed by atoms with van der Waals surface area (Å²) in [4.78, 5) is 42.6. The molecule has 0 spiro atoms. The Kier molecular flexibility index (Phi) is 7.70. The SMILES string of the molecule is CCCCN(C(=O)CNc1cccc2c1CCCC2)c1c(N)n(Cc2ccccc2)c(=O)[nH]c1=O. The third-order valence-electron chi connectivity index (χ3n) is 6.53. The maximum atomic E-state index is 13.4. The first-order valence-corrected chi connectivity index (χ1v) is 12.3. The molecule has 8 nitrogen and oxygen atoms in total. The molecule has 2 aromatic carbocycles. The Morgan fingerprint density at radius 2 is 1.86 bits per heavy atom. The molecule has 35 heavy (non-hydrogen) atoms. The van der Waals surface area contributed by atoms with E-state index in [2.05, 4.69) is 16.4 Å². The number of aromatic nitrogens is 2. The molecule has 0 saturated heterocycles. The minimum Gasteiger partial charge on any atom is -0.383 e. The van der Waals surface area contributed by atoms with Crippen LogP contribution >= 0.6 is 0 Å². The average Bonchev–Trinajstić information content (AvgIpc) is 2.87. The van der Waals surface area contributed by atoms with Gasteiger partial charge in [-0.15, -0.1) is 0 Å². The number of benzene rings is 2. The standard InChI is InChI=1S/C27H33N5O3/c1-2-3-16-31(23(33)17-29-22-15-9-13-20-12-7-8-14-21(20)22)24-25(28)32(27(35)30-26(24)34)18-19-10-5-4-6-11-19/h4-6,9-11,13,15,29H,2-3,7-8,12,14,16-18,28H2,1H3,(H,30,34,35). The first-order valence-electron chi connectivity index (χ1n) is 12.3. The van der Waals surface area contributed by atoms with E-state index < -0.39 is 11.2 Å². The van der Waals surface area contributed by atoms with Crippen molar-refractivity contribution in [2.45, 2.75) is 52.0 Å². The molecule has 1 amide bonds. The van der Waals surface area contributed by atoms with Crippen molar-refractivity contribution in [2.75, 3.05) is 29.0 Å². The lowest BCUT2D eigenvalue weighted by molar-refractivity contribution is -0.117. The quantitative estimate of drug-likeness (QED) is 0.440. The van der Waals surface area contributed by atoms with Crippen molar-refractivity contribution >= 4 is 23.1 Å². The molecule has 0 bridgehead atoms. The number of carbonyl (C=O) groups excluding carboxylic acids is 1. The van der Waals surface area contributed by atoms with Crippen LogP contribution in [0.3, 0.4) is 0 Å². The molecule has 4 rings (SSSR count). The van der Waals surface area contributed by atoms with Gasteiger partial charge < -0.3 is 16.0 Å². The second-order valence-corrected chi connectivity index (χ2v) is 8.97. The van der Waals surface area contributed by atoms with E-state index in [1.807, 2.05) is 49.4 Å². The van der Waals surface area contributed by atoms with Gasteiger partial charge in [-0.05, 0) is 54.9 Å². The normalized spacial score (nSPS) is 12.7. The molecule has 184 valence electrons. The van der Waals surface area contributed by atoms with Gasteiger partial charge in [-0.25, -0.2) is 4.79 Å². The Hall–Kier alpha value is -3.81. The molecule has 3 aromatic rings. The number of nitrogens with zero attached hydrogens (tertiary/aromatic N) is 2. The number of rotatable bonds is 9. The van der Waals surface area contributed by atoms with Gasteiger partial charge in [-0.1, -0.05) is 55.8 Å². The monoisotopic (exact) mass is 475 g/mol. The molecular weight excluding hydrogens is 442 g/mol. The molecule has 4 N–H and O–H groups in total. The van der Waals surface area contributed by atoms with E-state index in [1.54, 1.807) is 0 Å². The van der Waals surface area contributed by atoms with Crippen LogP contribution in [0.1, 0.15) is 49.3 Å². The number of hydrogen-bond donors (Lipinski definition) is 3. The number of H-pyrrole nitrogens is 1. The van der Waals surface area contributed by atoms with Gasteiger partial charge in [0.1, 0.15) is 5.82 Å². The zero-order valence-electron chi connectivity index (χ0n) is 20.2. The number of unbranched alkanes of at least 4 members (excludes halogenated alkanes) is 1. The molecule has 0 unspecified atom stereocenters. The van der Waals surface area contributed by atoms with E-state index in [1.165, 1.54) is 27.0 Å². The highest BCUT2D eigenvalue weighted by Gasteiger charge is 2.24. The van der Waals surface area contributed by atoms with Crippen molar-refractivity contribution in [2.24, 2.45) is 0 Å². The molecule has 0 aliphatic heterocycles. The molecule has 0 fully saturated rings. The number of nitrogens with one attached hydrogen (secondary N) is 2. The third kappa shape index (κ3) is 5.48. The summed E-state index contributed by atoms with van der Waals surface area (Å²) in [7, 11) is 0. The number of aromatic amines is 1. The van der Waals surface area contributed by atoms with Crippen LogP contribution in [0.2, 0.25) is 0 Å². The van der Waals surface area contributed by atoms with Crippen molar-refractivity contribution in [3.63, 3.8) is 0 Å². The molecule has 1 aliphatic rings. The van der Waals surface area contributed by atoms with Gasteiger partial charge in [0.25, 0.3) is 5.56 Å². The summed E-state index contributed by atoms with van der Waals surface area (Å²) in [5.41, 5.74) is 9.55. The number of nitrogens with two attached hydrogens (primary N) is 1. The number of amides is 1. The smallest absolute Gasteiger partial charge is 0.330 e. The molecule has 1 aliphatic carbocycles. The van der Waals surface area contributed by atoms with Crippen LogP contribution in [-0.2, 0) is 24.2 Å². The summed E-state index contributed by atoms with van der Waals surface area (Å²) in [5, 5.41) is 3.29. The zero-order valence-corrected chi connectivity index (χ0v) is 20.2. The van der Waals surface area contributed by atoms with E-state index in [0.717, 1.165) is 36.9 Å². The molecular formula is C27H33N5O3. The molecule has 0 atom stereocenters. The number of nitrogen functional groups attached to an aromatic ring is 1. The fourth-order valence-corrected chi connectivity index (χ4v) is 4.65. The maximum absolute atomic E-state index is 13.4. The Labute approximate surface area is 204 Å². The van der Waals surface area contributed by atoms with Crippen LogP contribution in [0.4, 0.5) is 17.2 Å². The van der Waals surface area contributed by atoms with Gasteiger partial charge in [0.2, 0.25) is 5.91 Å². The van der Waals surface area contributed by atoms with E-state index in [-0.39, 0.29) is 30.5 Å². The Balaban J connectivity index is 1.63. The highest BCUT2D eigenvalue weighted by atomic mass is 16.2. The third-order valence-corrected chi connectivity index (χ3v) is 6.53. The minimum absolute atomic E-state index is 0.0100. The summed E-state index contributed by atoms with van der Waals surface area (Å²) in [6.07, 6.45) is 5.89. The van der Waals surface area contributed by atoms with Gasteiger partial charge in [-0.3, -0.25) is 19.1 Å². The Bertz CT molecular complexity index is 1300. The zero-order chi connectivity index (χ0) is 24.8. The molecule has 1 heterocycles. The predicted molar refractivity (Wildman–Crippen MR) is 140 cm³/mol. The van der Waals surface area contributed by atoms with E-state index in [9.17, 15) is 14.4 Å². The fourth-order valence-electron chi connectivity index (χ4n) is 4.65. The first-order chi connectivity index (χ1) is 17.0. The van der Waals surface area contributed by atoms with Gasteiger partial charge in [0, 0.05) is 12.2 Å². The number of carbonyl (C=O) groups is 1. The van der Waals surface area contributed by atoms with Crippen molar-refractivity contribution in [3.8, 4) is 0 Å². The Morgan fingerprint density at radius 1 is 1.09 bits per heavy atom. The van der Waals surface area contributed by atoms with Gasteiger partial charge in [0.15, 0.2) is 5.69 Å². The second-order valence-electron chi connectivity index (χ2n) is 8.97. The molecule has 0 saturated carbocycles. The number of aryl methyl sites for hydroxylation is 1. The van der Waals surface area contributed by atoms with Crippen molar-refractivity contribution in [1.29, 1.82) is 0 Å². The number of anilines is 3. The summed E-state index contributed by atoms with van der Waals surface area (Å²) in [6.45, 7) is 2.57. The average molecular weight is 476 g/mol. The van der Waals surface area contributed by atoms with Crippen LogP contribution in [0.15, 0.2) is 58.1 Å². The summed E-state index contributed by atoms with van der Waals surface area (Å²) in [6, 6.07) is 15.5. The van der Waals surface area contributed by atoms with E-state index in [0.29, 0.717) is 13.0 Å². The number of hydrogen-bond acceptors (Lipinski definition) is 5. The van der Waals surface area contributed by atoms with Crippen molar-refractivity contribution in [1.82, 2.24) is 9.55 Å². The van der Waals surface area contributed by atoms with Crippen LogP contribution in [-0.4, -0.2) is 28.5 Å². The lowest BCUT2D eigenvalue weighted by Gasteiger charge is -2.25. The fraction of sp³-hybridized carbons (Fsp3) is 0.370. The largest absolute Gasteiger partial charge is 0.383 e. The van der Waals surface area contributed by atoms with Crippen molar-refractivity contribution in [3.05, 3.63) is 86.1 Å².